The molecule has 0 aromatic carbocycles. The quantitative estimate of drug-likeness (QED) is 0.596. The molecule has 0 aromatic heterocycles. The van der Waals surface area contributed by atoms with E-state index in [-0.39, 0.29) is 5.91 Å². The van der Waals surface area contributed by atoms with Crippen molar-refractivity contribution in [3.63, 3.8) is 0 Å². The lowest BCUT2D eigenvalue weighted by molar-refractivity contribution is -0.147. The third-order valence-electron chi connectivity index (χ3n) is 3.05. The molecule has 0 aromatic rings. The normalized spacial score (nSPS) is 28.1. The van der Waals surface area contributed by atoms with Gasteiger partial charge < -0.3 is 16.4 Å². The third-order valence-corrected chi connectivity index (χ3v) is 3.05. The molecular formula is C9H15N3O2. The molecule has 2 unspecified atom stereocenters. The number of amides is 2. The van der Waals surface area contributed by atoms with Crippen molar-refractivity contribution in [3.05, 3.63) is 0 Å². The van der Waals surface area contributed by atoms with E-state index >= 15 is 0 Å². The predicted molar refractivity (Wildman–Crippen MR) is 50.0 cm³/mol. The minimum absolute atomic E-state index is 0.109. The van der Waals surface area contributed by atoms with Crippen molar-refractivity contribution in [3.8, 4) is 0 Å². The minimum Gasteiger partial charge on any atom is -0.368 e. The van der Waals surface area contributed by atoms with Crippen LogP contribution in [0.15, 0.2) is 0 Å². The summed E-state index contributed by atoms with van der Waals surface area (Å²) in [4.78, 5) is 24.1. The molecule has 2 fully saturated rings. The van der Waals surface area contributed by atoms with Crippen LogP contribution in [0.5, 0.6) is 0 Å². The van der Waals surface area contributed by atoms with E-state index in [1.54, 1.807) is 0 Å². The zero-order chi connectivity index (χ0) is 10.3. The molecule has 0 bridgehead atoms. The van der Waals surface area contributed by atoms with E-state index in [2.05, 4.69) is 0 Å². The van der Waals surface area contributed by atoms with E-state index in [9.17, 15) is 9.59 Å². The second kappa shape index (κ2) is 3.24. The highest BCUT2D eigenvalue weighted by atomic mass is 16.2. The minimum atomic E-state index is -0.424. The Morgan fingerprint density at radius 1 is 1.29 bits per heavy atom. The number of carbonyl (C=O) groups excluding carboxylic acids is 2. The highest BCUT2D eigenvalue weighted by molar-refractivity contribution is 5.90. The molecule has 2 atom stereocenters. The van der Waals surface area contributed by atoms with Crippen molar-refractivity contribution < 1.29 is 9.59 Å². The van der Waals surface area contributed by atoms with Crippen LogP contribution in [0.2, 0.25) is 0 Å². The molecule has 5 nitrogen and oxygen atoms in total. The van der Waals surface area contributed by atoms with Crippen LogP contribution in [0, 0.1) is 5.92 Å². The van der Waals surface area contributed by atoms with E-state index in [0.29, 0.717) is 18.9 Å². The van der Waals surface area contributed by atoms with Crippen LogP contribution in [-0.4, -0.2) is 35.3 Å². The maximum absolute atomic E-state index is 11.7. The molecule has 1 saturated carbocycles. The van der Waals surface area contributed by atoms with Gasteiger partial charge in [-0.25, -0.2) is 0 Å². The van der Waals surface area contributed by atoms with Gasteiger partial charge in [-0.05, 0) is 25.2 Å². The van der Waals surface area contributed by atoms with Gasteiger partial charge in [0.25, 0.3) is 0 Å². The second-order valence-electron chi connectivity index (χ2n) is 4.10. The van der Waals surface area contributed by atoms with Gasteiger partial charge in [-0.15, -0.1) is 0 Å². The molecule has 2 rings (SSSR count). The highest BCUT2D eigenvalue weighted by Crippen LogP contribution is 2.33. The van der Waals surface area contributed by atoms with Crippen LogP contribution in [0.3, 0.4) is 0 Å². The summed E-state index contributed by atoms with van der Waals surface area (Å²) in [6.45, 7) is 0.618. The summed E-state index contributed by atoms with van der Waals surface area (Å²) in [6.07, 6.45) is 2.74. The average Bonchev–Trinajstić information content (AvgIpc) is 2.81. The van der Waals surface area contributed by atoms with Gasteiger partial charge in [-0.1, -0.05) is 0 Å². The Kier molecular flexibility index (Phi) is 2.19. The van der Waals surface area contributed by atoms with Gasteiger partial charge in [-0.3, -0.25) is 9.59 Å². The smallest absolute Gasteiger partial charge is 0.240 e. The topological polar surface area (TPSA) is 89.4 Å². The molecule has 0 radical (unpaired) electrons. The Hall–Kier alpha value is -1.10. The molecule has 0 spiro atoms. The van der Waals surface area contributed by atoms with Gasteiger partial charge >= 0.3 is 0 Å². The maximum Gasteiger partial charge on any atom is 0.240 e. The lowest BCUT2D eigenvalue weighted by atomic mass is 10.00. The Labute approximate surface area is 82.4 Å². The first-order chi connectivity index (χ1) is 6.61. The fraction of sp³-hybridized carbons (Fsp3) is 0.778. The summed E-state index contributed by atoms with van der Waals surface area (Å²) >= 11 is 0. The number of likely N-dealkylation sites (tertiary alicyclic amines) is 1. The predicted octanol–water partition coefficient (Wildman–Crippen LogP) is -1.19. The largest absolute Gasteiger partial charge is 0.368 e. The molecular weight excluding hydrogens is 182 g/mol. The summed E-state index contributed by atoms with van der Waals surface area (Å²) in [5.41, 5.74) is 10.9. The highest BCUT2D eigenvalue weighted by Gasteiger charge is 2.42. The van der Waals surface area contributed by atoms with Crippen LogP contribution in [0.1, 0.15) is 19.3 Å². The average molecular weight is 197 g/mol. The standard InChI is InChI=1S/C9H15N3O2/c10-7(5-1-2-5)9(14)12-4-3-6(12)8(11)13/h5-7H,1-4,10H2,(H2,11,13). The van der Waals surface area contributed by atoms with Crippen molar-refractivity contribution in [2.45, 2.75) is 31.3 Å². The molecule has 2 aliphatic rings. The van der Waals surface area contributed by atoms with Crippen LogP contribution in [-0.2, 0) is 9.59 Å². The molecule has 14 heavy (non-hydrogen) atoms. The van der Waals surface area contributed by atoms with Crippen molar-refractivity contribution >= 4 is 11.8 Å². The summed E-state index contributed by atoms with van der Waals surface area (Å²) < 4.78 is 0. The number of hydrogen-bond donors (Lipinski definition) is 2. The number of nitrogens with two attached hydrogens (primary N) is 2. The summed E-state index contributed by atoms with van der Waals surface area (Å²) in [5, 5.41) is 0. The SMILES string of the molecule is NC(=O)C1CCN1C(=O)C(N)C1CC1. The van der Waals surface area contributed by atoms with E-state index in [1.807, 2.05) is 0 Å². The van der Waals surface area contributed by atoms with E-state index < -0.39 is 18.0 Å². The number of rotatable bonds is 3. The number of primary amides is 1. The van der Waals surface area contributed by atoms with E-state index in [4.69, 9.17) is 11.5 Å². The Balaban J connectivity index is 1.94. The van der Waals surface area contributed by atoms with Gasteiger partial charge in [0.15, 0.2) is 0 Å². The van der Waals surface area contributed by atoms with Crippen LogP contribution < -0.4 is 11.5 Å². The zero-order valence-corrected chi connectivity index (χ0v) is 7.98. The van der Waals surface area contributed by atoms with Crippen LogP contribution in [0.25, 0.3) is 0 Å². The van der Waals surface area contributed by atoms with Crippen LogP contribution >= 0.6 is 0 Å². The van der Waals surface area contributed by atoms with Crippen LogP contribution in [0.4, 0.5) is 0 Å². The molecule has 4 N–H and O–H groups in total. The molecule has 1 heterocycles. The molecule has 1 aliphatic heterocycles. The maximum atomic E-state index is 11.7. The first kappa shape index (κ1) is 9.45. The van der Waals surface area contributed by atoms with Gasteiger partial charge in [0.2, 0.25) is 11.8 Å². The van der Waals surface area contributed by atoms with Crippen molar-refractivity contribution in [2.24, 2.45) is 17.4 Å². The molecule has 2 amide bonds. The monoisotopic (exact) mass is 197 g/mol. The summed E-state index contributed by atoms with van der Waals surface area (Å²) in [5.74, 6) is -0.202. The first-order valence-corrected chi connectivity index (χ1v) is 4.96. The van der Waals surface area contributed by atoms with Gasteiger partial charge in [0.1, 0.15) is 6.04 Å². The molecule has 78 valence electrons. The Bertz CT molecular complexity index is 275. The van der Waals surface area contributed by atoms with Gasteiger partial charge in [0, 0.05) is 6.54 Å². The number of nitrogens with zero attached hydrogens (tertiary/aromatic N) is 1. The van der Waals surface area contributed by atoms with Crippen molar-refractivity contribution in [1.82, 2.24) is 4.90 Å². The van der Waals surface area contributed by atoms with E-state index in [1.165, 1.54) is 4.90 Å². The molecule has 1 aliphatic carbocycles. The first-order valence-electron chi connectivity index (χ1n) is 4.96. The second-order valence-corrected chi connectivity index (χ2v) is 4.10. The molecule has 1 saturated heterocycles. The lowest BCUT2D eigenvalue weighted by Gasteiger charge is -2.40. The third kappa shape index (κ3) is 1.48. The Morgan fingerprint density at radius 2 is 1.93 bits per heavy atom. The van der Waals surface area contributed by atoms with Gasteiger partial charge in [-0.2, -0.15) is 0 Å². The fourth-order valence-corrected chi connectivity index (χ4v) is 1.80. The number of carbonyl (C=O) groups is 2. The molecule has 5 heteroatoms. The van der Waals surface area contributed by atoms with Crippen molar-refractivity contribution in [1.29, 1.82) is 0 Å². The van der Waals surface area contributed by atoms with Gasteiger partial charge in [0.05, 0.1) is 6.04 Å². The number of hydrogen-bond acceptors (Lipinski definition) is 3. The fourth-order valence-electron chi connectivity index (χ4n) is 1.80. The van der Waals surface area contributed by atoms with Crippen molar-refractivity contribution in [2.75, 3.05) is 6.54 Å². The lowest BCUT2D eigenvalue weighted by Crippen LogP contribution is -2.61. The summed E-state index contributed by atoms with van der Waals surface area (Å²) in [6, 6.07) is -0.829. The summed E-state index contributed by atoms with van der Waals surface area (Å²) in [7, 11) is 0. The van der Waals surface area contributed by atoms with E-state index in [0.717, 1.165) is 12.8 Å². The zero-order valence-electron chi connectivity index (χ0n) is 7.98. The Morgan fingerprint density at radius 3 is 2.29 bits per heavy atom.